The maximum atomic E-state index is 13.2. The maximum Gasteiger partial charge on any atom is 0.272 e. The molecule has 30 heavy (non-hydrogen) atoms. The van der Waals surface area contributed by atoms with Crippen molar-refractivity contribution in [3.05, 3.63) is 41.5 Å². The van der Waals surface area contributed by atoms with E-state index in [0.717, 1.165) is 68.0 Å². The van der Waals surface area contributed by atoms with E-state index in [-0.39, 0.29) is 18.0 Å². The summed E-state index contributed by atoms with van der Waals surface area (Å²) in [4.78, 5) is 22.3. The SMILES string of the molecule is Cc1cn2nc([C@@H]3CCCCN3C(=O)c3ccnn3C)cc2nc1N1CC[C@H](N)C1. The Morgan fingerprint density at radius 3 is 2.83 bits per heavy atom. The number of rotatable bonds is 3. The van der Waals surface area contributed by atoms with E-state index in [0.29, 0.717) is 5.69 Å². The lowest BCUT2D eigenvalue weighted by molar-refractivity contribution is 0.0594. The molecule has 2 saturated heterocycles. The Labute approximate surface area is 175 Å². The number of hydrogen-bond donors (Lipinski definition) is 1. The Balaban J connectivity index is 1.48. The molecule has 3 aromatic rings. The number of carbonyl (C=O) groups excluding carboxylic acids is 1. The first kappa shape index (κ1) is 19.0. The minimum absolute atomic E-state index is 0.00707. The third-order valence-electron chi connectivity index (χ3n) is 6.29. The number of anilines is 1. The second-order valence-electron chi connectivity index (χ2n) is 8.46. The summed E-state index contributed by atoms with van der Waals surface area (Å²) in [6.45, 7) is 4.56. The third-order valence-corrected chi connectivity index (χ3v) is 6.29. The van der Waals surface area contributed by atoms with Crippen molar-refractivity contribution in [1.29, 1.82) is 0 Å². The Bertz CT molecular complexity index is 1090. The molecule has 2 aliphatic heterocycles. The summed E-state index contributed by atoms with van der Waals surface area (Å²) in [6.07, 6.45) is 7.67. The molecule has 2 aliphatic rings. The van der Waals surface area contributed by atoms with Crippen LogP contribution < -0.4 is 10.6 Å². The summed E-state index contributed by atoms with van der Waals surface area (Å²) in [7, 11) is 1.80. The van der Waals surface area contributed by atoms with Gasteiger partial charge in [-0.05, 0) is 38.7 Å². The lowest BCUT2D eigenvalue weighted by Crippen LogP contribution is -2.39. The Morgan fingerprint density at radius 1 is 1.23 bits per heavy atom. The van der Waals surface area contributed by atoms with Crippen LogP contribution in [0.2, 0.25) is 0 Å². The molecule has 5 heterocycles. The number of likely N-dealkylation sites (tertiary alicyclic amines) is 1. The second-order valence-corrected chi connectivity index (χ2v) is 8.46. The van der Waals surface area contributed by atoms with Gasteiger partial charge >= 0.3 is 0 Å². The van der Waals surface area contributed by atoms with Gasteiger partial charge in [0.05, 0.1) is 11.7 Å². The largest absolute Gasteiger partial charge is 0.355 e. The van der Waals surface area contributed by atoms with Crippen LogP contribution in [0.25, 0.3) is 5.65 Å². The predicted molar refractivity (Wildman–Crippen MR) is 113 cm³/mol. The molecule has 2 fully saturated rings. The van der Waals surface area contributed by atoms with Gasteiger partial charge in [0.25, 0.3) is 5.91 Å². The van der Waals surface area contributed by atoms with E-state index in [1.807, 2.05) is 21.7 Å². The Morgan fingerprint density at radius 2 is 2.10 bits per heavy atom. The van der Waals surface area contributed by atoms with Crippen molar-refractivity contribution in [3.8, 4) is 0 Å². The first-order valence-electron chi connectivity index (χ1n) is 10.7. The first-order chi connectivity index (χ1) is 14.5. The van der Waals surface area contributed by atoms with E-state index in [1.165, 1.54) is 0 Å². The molecular weight excluding hydrogens is 380 g/mol. The number of piperidine rings is 1. The van der Waals surface area contributed by atoms with Gasteiger partial charge in [0.2, 0.25) is 0 Å². The van der Waals surface area contributed by atoms with Crippen LogP contribution >= 0.6 is 0 Å². The number of aromatic nitrogens is 5. The monoisotopic (exact) mass is 408 g/mol. The molecule has 9 nitrogen and oxygen atoms in total. The van der Waals surface area contributed by atoms with Gasteiger partial charge in [-0.25, -0.2) is 9.50 Å². The van der Waals surface area contributed by atoms with E-state index in [9.17, 15) is 4.79 Å². The van der Waals surface area contributed by atoms with Crippen LogP contribution in [-0.2, 0) is 7.05 Å². The van der Waals surface area contributed by atoms with Crippen molar-refractivity contribution in [2.75, 3.05) is 24.5 Å². The van der Waals surface area contributed by atoms with Crippen molar-refractivity contribution in [2.24, 2.45) is 12.8 Å². The zero-order chi connectivity index (χ0) is 20.8. The molecule has 0 radical (unpaired) electrons. The fourth-order valence-electron chi connectivity index (χ4n) is 4.69. The van der Waals surface area contributed by atoms with Crippen molar-refractivity contribution >= 4 is 17.4 Å². The molecule has 9 heteroatoms. The summed E-state index contributed by atoms with van der Waals surface area (Å²) in [5, 5.41) is 8.96. The zero-order valence-electron chi connectivity index (χ0n) is 17.5. The zero-order valence-corrected chi connectivity index (χ0v) is 17.5. The minimum Gasteiger partial charge on any atom is -0.355 e. The topological polar surface area (TPSA) is 97.6 Å². The maximum absolute atomic E-state index is 13.2. The highest BCUT2D eigenvalue weighted by Crippen LogP contribution is 2.32. The average Bonchev–Trinajstić information content (AvgIpc) is 3.46. The average molecular weight is 409 g/mol. The molecule has 0 unspecified atom stereocenters. The van der Waals surface area contributed by atoms with Crippen LogP contribution in [0.3, 0.4) is 0 Å². The molecule has 158 valence electrons. The molecule has 0 saturated carbocycles. The molecule has 2 N–H and O–H groups in total. The van der Waals surface area contributed by atoms with E-state index in [1.54, 1.807) is 24.0 Å². The van der Waals surface area contributed by atoms with Crippen molar-refractivity contribution in [1.82, 2.24) is 29.3 Å². The highest BCUT2D eigenvalue weighted by molar-refractivity contribution is 5.92. The van der Waals surface area contributed by atoms with Gasteiger partial charge < -0.3 is 15.5 Å². The van der Waals surface area contributed by atoms with Gasteiger partial charge in [-0.2, -0.15) is 10.2 Å². The summed E-state index contributed by atoms with van der Waals surface area (Å²) in [5.41, 5.74) is 9.48. The summed E-state index contributed by atoms with van der Waals surface area (Å²) >= 11 is 0. The smallest absolute Gasteiger partial charge is 0.272 e. The van der Waals surface area contributed by atoms with Crippen molar-refractivity contribution in [3.63, 3.8) is 0 Å². The summed E-state index contributed by atoms with van der Waals surface area (Å²) < 4.78 is 3.47. The molecule has 1 amide bonds. The molecule has 0 spiro atoms. The van der Waals surface area contributed by atoms with Gasteiger partial charge in [0, 0.05) is 56.7 Å². The quantitative estimate of drug-likeness (QED) is 0.708. The van der Waals surface area contributed by atoms with Gasteiger partial charge in [-0.3, -0.25) is 9.48 Å². The van der Waals surface area contributed by atoms with Gasteiger partial charge in [-0.1, -0.05) is 0 Å². The van der Waals surface area contributed by atoms with Gasteiger partial charge in [0.15, 0.2) is 5.65 Å². The van der Waals surface area contributed by atoms with Crippen LogP contribution in [0, 0.1) is 6.92 Å². The Kier molecular flexibility index (Phi) is 4.69. The first-order valence-corrected chi connectivity index (χ1v) is 10.7. The molecule has 0 aliphatic carbocycles. The van der Waals surface area contributed by atoms with Gasteiger partial charge in [-0.15, -0.1) is 0 Å². The van der Waals surface area contributed by atoms with Crippen molar-refractivity contribution in [2.45, 2.75) is 44.7 Å². The molecule has 0 bridgehead atoms. The van der Waals surface area contributed by atoms with Crippen LogP contribution in [0.4, 0.5) is 5.82 Å². The molecule has 0 aromatic carbocycles. The molecule has 5 rings (SSSR count). The summed E-state index contributed by atoms with van der Waals surface area (Å²) in [6, 6.07) is 3.96. The fraction of sp³-hybridized carbons (Fsp3) is 0.524. The standard InChI is InChI=1S/C21H28N8O/c1-14-12-29-19(24-20(14)27-10-7-15(22)13-27)11-16(25-29)17-5-3-4-9-28(17)21(30)18-6-8-23-26(18)2/h6,8,11-12,15,17H,3-5,7,9-10,13,22H2,1-2H3/t15-,17-/m0/s1. The van der Waals surface area contributed by atoms with E-state index in [2.05, 4.69) is 16.9 Å². The number of aryl methyl sites for hydroxylation is 2. The summed E-state index contributed by atoms with van der Waals surface area (Å²) in [5.74, 6) is 0.987. The number of amides is 1. The van der Waals surface area contributed by atoms with Crippen molar-refractivity contribution < 1.29 is 4.79 Å². The Hall–Kier alpha value is -2.94. The number of carbonyl (C=O) groups is 1. The molecular formula is C21H28N8O. The lowest BCUT2D eigenvalue weighted by atomic mass is 9.99. The van der Waals surface area contributed by atoms with Gasteiger partial charge in [0.1, 0.15) is 11.5 Å². The number of hydrogen-bond acceptors (Lipinski definition) is 6. The van der Waals surface area contributed by atoms with Crippen LogP contribution in [0.15, 0.2) is 24.5 Å². The third kappa shape index (κ3) is 3.23. The lowest BCUT2D eigenvalue weighted by Gasteiger charge is -2.34. The molecule has 3 aromatic heterocycles. The van der Waals surface area contributed by atoms with E-state index >= 15 is 0 Å². The van der Waals surface area contributed by atoms with E-state index in [4.69, 9.17) is 15.8 Å². The number of fused-ring (bicyclic) bond motifs is 1. The predicted octanol–water partition coefficient (Wildman–Crippen LogP) is 1.68. The number of nitrogens with zero attached hydrogens (tertiary/aromatic N) is 7. The molecule has 2 atom stereocenters. The highest BCUT2D eigenvalue weighted by atomic mass is 16.2. The van der Waals surface area contributed by atoms with Crippen LogP contribution in [-0.4, -0.2) is 60.9 Å². The minimum atomic E-state index is -0.0492. The van der Waals surface area contributed by atoms with Crippen LogP contribution in [0.5, 0.6) is 0 Å². The highest BCUT2D eigenvalue weighted by Gasteiger charge is 2.32. The normalized spacial score (nSPS) is 22.2. The number of nitrogens with two attached hydrogens (primary N) is 1. The van der Waals surface area contributed by atoms with Crippen LogP contribution in [0.1, 0.15) is 53.5 Å². The van der Waals surface area contributed by atoms with E-state index < -0.39 is 0 Å². The fourth-order valence-corrected chi connectivity index (χ4v) is 4.69. The second kappa shape index (κ2) is 7.39.